The molecule has 2 aromatic carbocycles. The molecule has 1 heterocycles. The number of methoxy groups -OCH3 is 2. The van der Waals surface area contributed by atoms with E-state index < -0.39 is 5.97 Å². The van der Waals surface area contributed by atoms with E-state index in [1.807, 2.05) is 12.1 Å². The summed E-state index contributed by atoms with van der Waals surface area (Å²) in [5, 5.41) is 10.1. The molecule has 0 fully saturated rings. The molecule has 0 aliphatic carbocycles. The van der Waals surface area contributed by atoms with Gasteiger partial charge in [0.2, 0.25) is 5.76 Å². The van der Waals surface area contributed by atoms with Gasteiger partial charge in [0.15, 0.2) is 0 Å². The molecule has 0 aliphatic rings. The van der Waals surface area contributed by atoms with E-state index in [-0.39, 0.29) is 5.76 Å². The first-order chi connectivity index (χ1) is 10.6. The van der Waals surface area contributed by atoms with Crippen LogP contribution in [0.25, 0.3) is 22.1 Å². The van der Waals surface area contributed by atoms with E-state index in [2.05, 4.69) is 0 Å². The van der Waals surface area contributed by atoms with Gasteiger partial charge in [0.05, 0.1) is 14.2 Å². The van der Waals surface area contributed by atoms with Crippen LogP contribution in [0.4, 0.5) is 0 Å². The maximum atomic E-state index is 11.5. The van der Waals surface area contributed by atoms with Crippen LogP contribution in [0.1, 0.15) is 10.6 Å². The Morgan fingerprint density at radius 1 is 1.05 bits per heavy atom. The van der Waals surface area contributed by atoms with Gasteiger partial charge >= 0.3 is 5.97 Å². The molecule has 0 spiro atoms. The lowest BCUT2D eigenvalue weighted by Gasteiger charge is -2.04. The largest absolute Gasteiger partial charge is 0.497 e. The van der Waals surface area contributed by atoms with Crippen molar-refractivity contribution >= 4 is 16.9 Å². The van der Waals surface area contributed by atoms with E-state index in [1.165, 1.54) is 0 Å². The van der Waals surface area contributed by atoms with Crippen LogP contribution < -0.4 is 9.47 Å². The van der Waals surface area contributed by atoms with Crippen molar-refractivity contribution in [1.82, 2.24) is 0 Å². The predicted molar refractivity (Wildman–Crippen MR) is 81.7 cm³/mol. The van der Waals surface area contributed by atoms with Gasteiger partial charge in [-0.1, -0.05) is 12.1 Å². The minimum atomic E-state index is -1.12. The molecule has 0 amide bonds. The first-order valence-corrected chi connectivity index (χ1v) is 6.62. The van der Waals surface area contributed by atoms with Crippen molar-refractivity contribution in [2.75, 3.05) is 14.2 Å². The Balaban J connectivity index is 2.30. The van der Waals surface area contributed by atoms with Gasteiger partial charge in [-0.2, -0.15) is 0 Å². The highest BCUT2D eigenvalue weighted by Crippen LogP contribution is 2.37. The lowest BCUT2D eigenvalue weighted by Crippen LogP contribution is -1.96. The van der Waals surface area contributed by atoms with Crippen molar-refractivity contribution < 1.29 is 23.8 Å². The maximum absolute atomic E-state index is 11.5. The molecular weight excluding hydrogens is 284 g/mol. The van der Waals surface area contributed by atoms with Crippen LogP contribution in [0.3, 0.4) is 0 Å². The molecule has 1 N–H and O–H groups in total. The number of ether oxygens (including phenoxy) is 2. The lowest BCUT2D eigenvalue weighted by atomic mass is 10.0. The number of fused-ring (bicyclic) bond motifs is 1. The van der Waals surface area contributed by atoms with E-state index in [1.54, 1.807) is 44.6 Å². The summed E-state index contributed by atoms with van der Waals surface area (Å²) in [6, 6.07) is 12.4. The molecule has 0 aliphatic heterocycles. The van der Waals surface area contributed by atoms with Crippen LogP contribution in [-0.4, -0.2) is 25.3 Å². The third-order valence-electron chi connectivity index (χ3n) is 3.45. The van der Waals surface area contributed by atoms with Gasteiger partial charge in [-0.05, 0) is 29.8 Å². The van der Waals surface area contributed by atoms with Crippen molar-refractivity contribution in [2.24, 2.45) is 0 Å². The molecule has 5 heteroatoms. The Hall–Kier alpha value is -2.95. The quantitative estimate of drug-likeness (QED) is 0.793. The Morgan fingerprint density at radius 2 is 1.77 bits per heavy atom. The van der Waals surface area contributed by atoms with E-state index in [0.29, 0.717) is 28.0 Å². The smallest absolute Gasteiger partial charge is 0.372 e. The standard InChI is InChI=1S/C17H14O5/c1-20-11-5-3-4-10(8-11)15-13-7-6-12(21-2)9-14(13)22-16(15)17(18)19/h3-9H,1-2H3,(H,18,19). The molecule has 5 nitrogen and oxygen atoms in total. The Bertz CT molecular complexity index is 847. The van der Waals surface area contributed by atoms with Gasteiger partial charge in [0, 0.05) is 17.0 Å². The van der Waals surface area contributed by atoms with E-state index in [4.69, 9.17) is 13.9 Å². The normalized spacial score (nSPS) is 10.6. The average Bonchev–Trinajstić information content (AvgIpc) is 2.93. The monoisotopic (exact) mass is 298 g/mol. The Morgan fingerprint density at radius 3 is 2.45 bits per heavy atom. The van der Waals surface area contributed by atoms with E-state index >= 15 is 0 Å². The molecule has 22 heavy (non-hydrogen) atoms. The first kappa shape index (κ1) is 14.0. The average molecular weight is 298 g/mol. The van der Waals surface area contributed by atoms with Crippen LogP contribution in [0, 0.1) is 0 Å². The fraction of sp³-hybridized carbons (Fsp3) is 0.118. The zero-order chi connectivity index (χ0) is 15.7. The summed E-state index contributed by atoms with van der Waals surface area (Å²) in [6.45, 7) is 0. The maximum Gasteiger partial charge on any atom is 0.372 e. The Kier molecular flexibility index (Phi) is 3.47. The molecule has 0 radical (unpaired) electrons. The fourth-order valence-corrected chi connectivity index (χ4v) is 2.42. The third kappa shape index (κ3) is 2.26. The van der Waals surface area contributed by atoms with Crippen molar-refractivity contribution in [1.29, 1.82) is 0 Å². The number of hydrogen-bond donors (Lipinski definition) is 1. The van der Waals surface area contributed by atoms with Gasteiger partial charge < -0.3 is 19.0 Å². The molecule has 0 saturated heterocycles. The summed E-state index contributed by atoms with van der Waals surface area (Å²) in [5.74, 6) is 0.0385. The van der Waals surface area contributed by atoms with Crippen molar-refractivity contribution in [2.45, 2.75) is 0 Å². The van der Waals surface area contributed by atoms with E-state index in [0.717, 1.165) is 5.56 Å². The number of carboxylic acid groups (broad SMARTS) is 1. The number of furan rings is 1. The number of carbonyl (C=O) groups is 1. The van der Waals surface area contributed by atoms with Crippen molar-refractivity contribution in [3.63, 3.8) is 0 Å². The molecule has 0 saturated carbocycles. The van der Waals surface area contributed by atoms with Crippen LogP contribution in [0.15, 0.2) is 46.9 Å². The number of aromatic carboxylic acids is 1. The molecule has 3 rings (SSSR count). The van der Waals surface area contributed by atoms with Crippen molar-refractivity contribution in [3.05, 3.63) is 48.2 Å². The van der Waals surface area contributed by atoms with Gasteiger partial charge in [-0.25, -0.2) is 4.79 Å². The second-order valence-corrected chi connectivity index (χ2v) is 4.71. The SMILES string of the molecule is COc1cccc(-c2c(C(=O)O)oc3cc(OC)ccc23)c1. The fourth-order valence-electron chi connectivity index (χ4n) is 2.42. The zero-order valence-electron chi connectivity index (χ0n) is 12.1. The zero-order valence-corrected chi connectivity index (χ0v) is 12.1. The summed E-state index contributed by atoms with van der Waals surface area (Å²) in [4.78, 5) is 11.5. The second kappa shape index (κ2) is 5.44. The van der Waals surface area contributed by atoms with E-state index in [9.17, 15) is 9.90 Å². The van der Waals surface area contributed by atoms with Gasteiger partial charge in [0.25, 0.3) is 0 Å². The highest BCUT2D eigenvalue weighted by molar-refractivity contribution is 6.05. The number of carboxylic acids is 1. The third-order valence-corrected chi connectivity index (χ3v) is 3.45. The summed E-state index contributed by atoms with van der Waals surface area (Å²) in [5.41, 5.74) is 1.72. The van der Waals surface area contributed by atoms with Crippen molar-refractivity contribution in [3.8, 4) is 22.6 Å². The molecule has 1 aromatic heterocycles. The molecule has 3 aromatic rings. The summed E-state index contributed by atoms with van der Waals surface area (Å²) >= 11 is 0. The summed E-state index contributed by atoms with van der Waals surface area (Å²) in [6.07, 6.45) is 0. The summed E-state index contributed by atoms with van der Waals surface area (Å²) < 4.78 is 15.9. The first-order valence-electron chi connectivity index (χ1n) is 6.62. The number of hydrogen-bond acceptors (Lipinski definition) is 4. The minimum Gasteiger partial charge on any atom is -0.497 e. The van der Waals surface area contributed by atoms with Gasteiger partial charge in [-0.15, -0.1) is 0 Å². The lowest BCUT2D eigenvalue weighted by molar-refractivity contribution is 0.0666. The second-order valence-electron chi connectivity index (χ2n) is 4.71. The van der Waals surface area contributed by atoms with Crippen LogP contribution >= 0.6 is 0 Å². The topological polar surface area (TPSA) is 68.9 Å². The Labute approximate surface area is 126 Å². The van der Waals surface area contributed by atoms with Crippen LogP contribution in [-0.2, 0) is 0 Å². The predicted octanol–water partition coefficient (Wildman–Crippen LogP) is 3.82. The van der Waals surface area contributed by atoms with Gasteiger partial charge in [-0.3, -0.25) is 0 Å². The van der Waals surface area contributed by atoms with Gasteiger partial charge in [0.1, 0.15) is 17.1 Å². The molecular formula is C17H14O5. The minimum absolute atomic E-state index is 0.100. The summed E-state index contributed by atoms with van der Waals surface area (Å²) in [7, 11) is 3.11. The highest BCUT2D eigenvalue weighted by atomic mass is 16.5. The number of rotatable bonds is 4. The molecule has 112 valence electrons. The van der Waals surface area contributed by atoms with Crippen LogP contribution in [0.5, 0.6) is 11.5 Å². The number of benzene rings is 2. The highest BCUT2D eigenvalue weighted by Gasteiger charge is 2.22. The van der Waals surface area contributed by atoms with Crippen LogP contribution in [0.2, 0.25) is 0 Å². The molecule has 0 unspecified atom stereocenters. The molecule has 0 bridgehead atoms. The molecule has 0 atom stereocenters.